The molecule has 574 valence electrons. The number of nitrogens with zero attached hydrogens (tertiary/aromatic N) is 2. The van der Waals surface area contributed by atoms with Crippen LogP contribution in [0.1, 0.15) is 289 Å². The molecule has 10 aliphatic rings. The van der Waals surface area contributed by atoms with Crippen molar-refractivity contribution in [2.75, 3.05) is 4.90 Å². The van der Waals surface area contributed by atoms with Gasteiger partial charge in [-0.15, -0.1) is 0 Å². The van der Waals surface area contributed by atoms with Crippen molar-refractivity contribution in [1.29, 1.82) is 0 Å². The standard InChI is InChI=1S/C100H134B2N2O4/c1-17-19-21-23-25-83-67-96(94-62-60-92(66-72(94)8)104(88-53-41-80(42-54-88)76-33-29-74(30-34-76)64-70(5)6)90-57-45-82(46-58-90)78-37-49-86(50-38-78)102-107-99(13,14)100(15,16)108-102)84(26-24-22-20-18-2)68-95(83)93-61-59-91(65-71(93)7)103(87-51-39-79(40-52-87)75-31-27-73(28-32-75)63-69(3)4)89-55-43-81(44-56-89)77-35-47-85(48-36-77)101-105-97(9,10)98(11,12)106-101/h27-33,35,37,39-43,45,47-51,53-55,57-59,65-70,76-78,81-82,87,89,92-94H,17-26,34,36,38,44,46,52,56,60-64H2,1-16H3. The van der Waals surface area contributed by atoms with Crippen LogP contribution in [0.2, 0.25) is 0 Å². The second-order valence-corrected chi connectivity index (χ2v) is 37.0. The maximum atomic E-state index is 6.50. The van der Waals surface area contributed by atoms with Crippen molar-refractivity contribution < 1.29 is 18.6 Å². The van der Waals surface area contributed by atoms with Gasteiger partial charge in [0, 0.05) is 40.9 Å². The minimum absolute atomic E-state index is 0.237. The van der Waals surface area contributed by atoms with Gasteiger partial charge in [-0.3, -0.25) is 0 Å². The molecule has 10 atom stereocenters. The van der Waals surface area contributed by atoms with Crippen molar-refractivity contribution in [3.63, 3.8) is 0 Å². The summed E-state index contributed by atoms with van der Waals surface area (Å²) >= 11 is 0. The minimum atomic E-state index is -0.355. The number of aryl methyl sites for hydroxylation is 2. The lowest BCUT2D eigenvalue weighted by atomic mass is 9.71. The van der Waals surface area contributed by atoms with Crippen molar-refractivity contribution in [3.8, 4) is 0 Å². The highest BCUT2D eigenvalue weighted by Gasteiger charge is 2.54. The van der Waals surface area contributed by atoms with Crippen LogP contribution in [-0.2, 0) is 37.9 Å². The Morgan fingerprint density at radius 1 is 0.454 bits per heavy atom. The minimum Gasteiger partial charge on any atom is -0.399 e. The van der Waals surface area contributed by atoms with Gasteiger partial charge < -0.3 is 28.4 Å². The topological polar surface area (TPSA) is 43.4 Å². The molecular formula is C100H134B2N2O4. The summed E-state index contributed by atoms with van der Waals surface area (Å²) in [6.45, 7) is 36.2. The molecule has 3 aromatic rings. The summed E-state index contributed by atoms with van der Waals surface area (Å²) in [7, 11) is -0.634. The molecule has 10 unspecified atom stereocenters. The van der Waals surface area contributed by atoms with Crippen LogP contribution >= 0.6 is 0 Å². The fourth-order valence-electron chi connectivity index (χ4n) is 19.0. The fourth-order valence-corrected chi connectivity index (χ4v) is 19.0. The lowest BCUT2D eigenvalue weighted by Crippen LogP contribution is -2.42. The highest BCUT2D eigenvalue weighted by molar-refractivity contribution is 6.56. The SMILES string of the molecule is CCCCCCc1cc(C2CCC(N(C3=CCC(C4C=CC(B5OC(C)(C)C(C)(C)O5)=CC4)C=C3)c3ccc(C4C=CC(CC(C)C)=CC4)cc3)C=C2C)c(CCCCCC)cc1C1CC=C(N(C2C=CC(c3ccc(CC(C)C)cc3)=CC2)C2C=CC(C3C=CC(B4OC(C)(C)C(C)(C)O4)=CC3)CC2)C=C1C. The lowest BCUT2D eigenvalue weighted by Gasteiger charge is -2.43. The van der Waals surface area contributed by atoms with Crippen molar-refractivity contribution in [3.05, 3.63) is 260 Å². The second kappa shape index (κ2) is 34.7. The molecule has 2 saturated heterocycles. The van der Waals surface area contributed by atoms with Crippen LogP contribution in [0, 0.1) is 35.5 Å². The average Bonchev–Trinajstić information content (AvgIpc) is 0.830. The van der Waals surface area contributed by atoms with Gasteiger partial charge in [0.05, 0.1) is 34.5 Å². The third-order valence-electron chi connectivity index (χ3n) is 27.0. The molecule has 2 fully saturated rings. The molecule has 3 aromatic carbocycles. The first-order valence-electron chi connectivity index (χ1n) is 43.1. The quantitative estimate of drug-likeness (QED) is 0.0410. The number of anilines is 1. The predicted molar refractivity (Wildman–Crippen MR) is 460 cm³/mol. The number of allylic oxidation sites excluding steroid dienone is 22. The first-order chi connectivity index (χ1) is 51.8. The molecule has 108 heavy (non-hydrogen) atoms. The van der Waals surface area contributed by atoms with Crippen LogP contribution in [0.3, 0.4) is 0 Å². The Morgan fingerprint density at radius 3 is 1.51 bits per heavy atom. The van der Waals surface area contributed by atoms with E-state index in [4.69, 9.17) is 18.6 Å². The van der Waals surface area contributed by atoms with Gasteiger partial charge in [-0.05, 0) is 287 Å². The maximum absolute atomic E-state index is 6.50. The molecule has 0 spiro atoms. The normalized spacial score (nSPS) is 27.6. The number of unbranched alkanes of at least 4 members (excludes halogenated alkanes) is 6. The average molecular weight is 1450 g/mol. The van der Waals surface area contributed by atoms with E-state index < -0.39 is 0 Å². The van der Waals surface area contributed by atoms with Gasteiger partial charge in [0.1, 0.15) is 0 Å². The molecule has 0 N–H and O–H groups in total. The summed E-state index contributed by atoms with van der Waals surface area (Å²) in [5.74, 6) is 4.25. The summed E-state index contributed by atoms with van der Waals surface area (Å²) in [5, 5.41) is 0. The highest BCUT2D eigenvalue weighted by Crippen LogP contribution is 2.48. The molecule has 6 nitrogen and oxygen atoms in total. The molecule has 0 bridgehead atoms. The molecule has 0 radical (unpaired) electrons. The Morgan fingerprint density at radius 2 is 1.02 bits per heavy atom. The molecule has 2 heterocycles. The monoisotopic (exact) mass is 1450 g/mol. The van der Waals surface area contributed by atoms with Crippen molar-refractivity contribution >= 4 is 25.5 Å². The summed E-state index contributed by atoms with van der Waals surface area (Å²) in [6, 6.07) is 25.5. The first-order valence-corrected chi connectivity index (χ1v) is 43.1. The predicted octanol–water partition coefficient (Wildman–Crippen LogP) is 25.9. The summed E-state index contributed by atoms with van der Waals surface area (Å²) in [4.78, 5) is 5.55. The van der Waals surface area contributed by atoms with Gasteiger partial charge in [0.2, 0.25) is 0 Å². The van der Waals surface area contributed by atoms with Crippen molar-refractivity contribution in [2.45, 2.75) is 310 Å². The third kappa shape index (κ3) is 18.4. The Kier molecular flexibility index (Phi) is 25.6. The van der Waals surface area contributed by atoms with Crippen LogP contribution in [0.15, 0.2) is 221 Å². The van der Waals surface area contributed by atoms with Crippen LogP contribution in [0.5, 0.6) is 0 Å². The van der Waals surface area contributed by atoms with E-state index in [1.165, 1.54) is 114 Å². The zero-order valence-electron chi connectivity index (χ0n) is 69.5. The van der Waals surface area contributed by atoms with Gasteiger partial charge >= 0.3 is 14.2 Å². The molecular weight excluding hydrogens is 1310 g/mol. The number of rotatable bonds is 28. The number of hydrogen-bond donors (Lipinski definition) is 0. The zero-order chi connectivity index (χ0) is 76.1. The fraction of sp³-hybridized carbons (Fsp3) is 0.540. The highest BCUT2D eigenvalue weighted by atomic mass is 16.7. The Hall–Kier alpha value is -6.41. The van der Waals surface area contributed by atoms with Crippen LogP contribution < -0.4 is 4.90 Å². The molecule has 0 saturated carbocycles. The van der Waals surface area contributed by atoms with E-state index in [1.54, 1.807) is 22.3 Å². The molecule has 13 rings (SSSR count). The summed E-state index contributed by atoms with van der Waals surface area (Å²) in [6.07, 6.45) is 75.1. The van der Waals surface area contributed by atoms with E-state index >= 15 is 0 Å². The first kappa shape index (κ1) is 79.7. The van der Waals surface area contributed by atoms with E-state index in [0.29, 0.717) is 59.3 Å². The van der Waals surface area contributed by atoms with E-state index in [0.717, 1.165) is 94.4 Å². The van der Waals surface area contributed by atoms with Crippen LogP contribution in [0.25, 0.3) is 5.57 Å². The molecule has 2 aliphatic heterocycles. The van der Waals surface area contributed by atoms with Gasteiger partial charge in [-0.25, -0.2) is 0 Å². The Bertz CT molecular complexity index is 4080. The largest absolute Gasteiger partial charge is 0.494 e. The summed E-state index contributed by atoms with van der Waals surface area (Å²) in [5.41, 5.74) is 21.3. The van der Waals surface area contributed by atoms with Gasteiger partial charge in [-0.1, -0.05) is 255 Å². The second-order valence-electron chi connectivity index (χ2n) is 37.0. The van der Waals surface area contributed by atoms with E-state index in [9.17, 15) is 0 Å². The molecule has 0 aromatic heterocycles. The van der Waals surface area contributed by atoms with Crippen molar-refractivity contribution in [1.82, 2.24) is 4.90 Å². The Labute approximate surface area is 656 Å². The third-order valence-corrected chi connectivity index (χ3v) is 27.0. The molecule has 8 heteroatoms. The van der Waals surface area contributed by atoms with E-state index in [-0.39, 0.29) is 48.7 Å². The van der Waals surface area contributed by atoms with E-state index in [2.05, 4.69) is 303 Å². The van der Waals surface area contributed by atoms with Gasteiger partial charge in [0.15, 0.2) is 0 Å². The lowest BCUT2D eigenvalue weighted by molar-refractivity contribution is 0.00578. The molecule has 8 aliphatic carbocycles. The van der Waals surface area contributed by atoms with Gasteiger partial charge in [-0.2, -0.15) is 0 Å². The number of benzene rings is 3. The zero-order valence-corrected chi connectivity index (χ0v) is 69.5. The molecule has 0 amide bonds. The van der Waals surface area contributed by atoms with Crippen molar-refractivity contribution in [2.24, 2.45) is 35.5 Å². The Balaban J connectivity index is 0.776. The van der Waals surface area contributed by atoms with Crippen LogP contribution in [-0.4, -0.2) is 59.7 Å². The van der Waals surface area contributed by atoms with Crippen LogP contribution in [0.4, 0.5) is 5.69 Å². The van der Waals surface area contributed by atoms with Gasteiger partial charge in [0.25, 0.3) is 0 Å². The number of hydrogen-bond acceptors (Lipinski definition) is 6. The summed E-state index contributed by atoms with van der Waals surface area (Å²) < 4.78 is 26.0. The smallest absolute Gasteiger partial charge is 0.399 e. The van der Waals surface area contributed by atoms with E-state index in [1.807, 2.05) is 0 Å². The maximum Gasteiger partial charge on any atom is 0.494 e.